The van der Waals surface area contributed by atoms with E-state index < -0.39 is 23.3 Å². The first-order valence-electron chi connectivity index (χ1n) is 9.59. The van der Waals surface area contributed by atoms with E-state index in [-0.39, 0.29) is 22.8 Å². The molecule has 0 spiro atoms. The summed E-state index contributed by atoms with van der Waals surface area (Å²) in [5.41, 5.74) is -0.293. The molecule has 0 amide bonds. The summed E-state index contributed by atoms with van der Waals surface area (Å²) in [6.45, 7) is 1.99. The van der Waals surface area contributed by atoms with Crippen molar-refractivity contribution in [3.05, 3.63) is 65.2 Å². The lowest BCUT2D eigenvalue weighted by atomic mass is 9.77. The Bertz CT molecular complexity index is 867. The Morgan fingerprint density at radius 2 is 1.46 bits per heavy atom. The number of halogens is 4. The van der Waals surface area contributed by atoms with Gasteiger partial charge in [-0.15, -0.1) is 0 Å². The molecule has 0 heterocycles. The van der Waals surface area contributed by atoms with Gasteiger partial charge in [0.2, 0.25) is 5.82 Å². The molecule has 5 heteroatoms. The first kappa shape index (κ1) is 20.4. The van der Waals surface area contributed by atoms with E-state index in [1.165, 1.54) is 31.4 Å². The van der Waals surface area contributed by atoms with Crippen LogP contribution in [0.2, 0.25) is 0 Å². The average Bonchev–Trinajstić information content (AvgIpc) is 2.71. The van der Waals surface area contributed by atoms with Gasteiger partial charge in [0, 0.05) is 11.1 Å². The molecule has 0 bridgehead atoms. The average molecular weight is 392 g/mol. The Kier molecular flexibility index (Phi) is 6.42. The van der Waals surface area contributed by atoms with Crippen LogP contribution in [0.1, 0.15) is 50.5 Å². The molecule has 1 aliphatic carbocycles. The van der Waals surface area contributed by atoms with Gasteiger partial charge in [0.05, 0.1) is 7.11 Å². The minimum absolute atomic E-state index is 0.0529. The largest absolute Gasteiger partial charge is 0.494 e. The summed E-state index contributed by atoms with van der Waals surface area (Å²) < 4.78 is 62.5. The number of benzene rings is 2. The zero-order chi connectivity index (χ0) is 20.3. The number of allylic oxidation sites excluding steroid dienone is 2. The summed E-state index contributed by atoms with van der Waals surface area (Å²) >= 11 is 0. The fraction of sp³-hybridized carbons (Fsp3) is 0.391. The van der Waals surface area contributed by atoms with Gasteiger partial charge in [0.1, 0.15) is 0 Å². The molecule has 3 rings (SSSR count). The first-order chi connectivity index (χ1) is 13.5. The third-order valence-corrected chi connectivity index (χ3v) is 5.66. The second kappa shape index (κ2) is 8.80. The van der Waals surface area contributed by atoms with Crippen molar-refractivity contribution < 1.29 is 22.3 Å². The summed E-state index contributed by atoms with van der Waals surface area (Å²) in [4.78, 5) is 0. The maximum Gasteiger partial charge on any atom is 0.201 e. The Morgan fingerprint density at radius 3 is 2.07 bits per heavy atom. The van der Waals surface area contributed by atoms with Gasteiger partial charge in [-0.3, -0.25) is 0 Å². The topological polar surface area (TPSA) is 9.23 Å². The van der Waals surface area contributed by atoms with Gasteiger partial charge in [-0.25, -0.2) is 13.2 Å². The number of methoxy groups -OCH3 is 1. The number of hydrogen-bond donors (Lipinski definition) is 0. The molecule has 0 aromatic heterocycles. The van der Waals surface area contributed by atoms with Crippen LogP contribution >= 0.6 is 0 Å². The standard InChI is InChI=1S/C23H24F4O/c1-3-4-5-14-6-8-15(9-7-14)16-10-11-17(21(25)20(16)24)18-12-13-19(28-2)23(27)22(18)26/h3-4,10-15H,5-9H2,1-2H3/b4-3-. The molecule has 2 aromatic rings. The van der Waals surface area contributed by atoms with Crippen molar-refractivity contribution in [2.24, 2.45) is 5.92 Å². The van der Waals surface area contributed by atoms with E-state index in [0.29, 0.717) is 11.5 Å². The predicted molar refractivity (Wildman–Crippen MR) is 102 cm³/mol. The van der Waals surface area contributed by atoms with Gasteiger partial charge in [-0.1, -0.05) is 24.3 Å². The summed E-state index contributed by atoms with van der Waals surface area (Å²) in [7, 11) is 1.21. The Hall–Kier alpha value is -2.30. The highest BCUT2D eigenvalue weighted by molar-refractivity contribution is 5.66. The van der Waals surface area contributed by atoms with E-state index in [9.17, 15) is 17.6 Å². The van der Waals surface area contributed by atoms with Gasteiger partial charge < -0.3 is 4.74 Å². The van der Waals surface area contributed by atoms with E-state index in [4.69, 9.17) is 4.74 Å². The monoisotopic (exact) mass is 392 g/mol. The summed E-state index contributed by atoms with van der Waals surface area (Å²) in [5, 5.41) is 0. The molecule has 1 nitrogen and oxygen atoms in total. The van der Waals surface area contributed by atoms with Crippen LogP contribution in [0.3, 0.4) is 0 Å². The number of hydrogen-bond acceptors (Lipinski definition) is 1. The van der Waals surface area contributed by atoms with Gasteiger partial charge in [0.15, 0.2) is 23.2 Å². The third kappa shape index (κ3) is 3.94. The molecule has 1 saturated carbocycles. The van der Waals surface area contributed by atoms with Crippen molar-refractivity contribution in [2.45, 2.75) is 44.9 Å². The number of ether oxygens (including phenoxy) is 1. The smallest absolute Gasteiger partial charge is 0.201 e. The van der Waals surface area contributed by atoms with Crippen LogP contribution in [-0.2, 0) is 0 Å². The highest BCUT2D eigenvalue weighted by Crippen LogP contribution is 2.40. The van der Waals surface area contributed by atoms with Gasteiger partial charge in [-0.05, 0) is 68.6 Å². The molecule has 1 fully saturated rings. The maximum atomic E-state index is 14.8. The molecule has 0 N–H and O–H groups in total. The second-order valence-electron chi connectivity index (χ2n) is 7.30. The molecule has 0 radical (unpaired) electrons. The molecule has 0 saturated heterocycles. The van der Waals surface area contributed by atoms with E-state index in [2.05, 4.69) is 6.08 Å². The molecule has 1 aliphatic rings. The van der Waals surface area contributed by atoms with Crippen LogP contribution in [0.4, 0.5) is 17.6 Å². The van der Waals surface area contributed by atoms with Gasteiger partial charge in [-0.2, -0.15) is 4.39 Å². The summed E-state index contributed by atoms with van der Waals surface area (Å²) in [5.74, 6) is -4.34. The second-order valence-corrected chi connectivity index (χ2v) is 7.30. The van der Waals surface area contributed by atoms with Crippen molar-refractivity contribution in [3.63, 3.8) is 0 Å². The van der Waals surface area contributed by atoms with Gasteiger partial charge in [0.25, 0.3) is 0 Å². The zero-order valence-electron chi connectivity index (χ0n) is 16.1. The quantitative estimate of drug-likeness (QED) is 0.387. The lowest BCUT2D eigenvalue weighted by molar-refractivity contribution is 0.321. The summed E-state index contributed by atoms with van der Waals surface area (Å²) in [6, 6.07) is 5.24. The Labute approximate surface area is 163 Å². The lowest BCUT2D eigenvalue weighted by Crippen LogP contribution is -2.14. The molecule has 28 heavy (non-hydrogen) atoms. The highest BCUT2D eigenvalue weighted by Gasteiger charge is 2.27. The molecular weight excluding hydrogens is 368 g/mol. The molecule has 150 valence electrons. The Balaban J connectivity index is 1.86. The van der Waals surface area contributed by atoms with Crippen molar-refractivity contribution >= 4 is 0 Å². The van der Waals surface area contributed by atoms with Crippen LogP contribution in [0.25, 0.3) is 11.1 Å². The normalized spacial score (nSPS) is 19.9. The van der Waals surface area contributed by atoms with Gasteiger partial charge >= 0.3 is 0 Å². The molecule has 0 atom stereocenters. The first-order valence-corrected chi connectivity index (χ1v) is 9.59. The van der Waals surface area contributed by atoms with Crippen molar-refractivity contribution in [3.8, 4) is 16.9 Å². The molecular formula is C23H24F4O. The maximum absolute atomic E-state index is 14.8. The predicted octanol–water partition coefficient (Wildman–Crippen LogP) is 7.16. The van der Waals surface area contributed by atoms with Crippen LogP contribution in [0, 0.1) is 29.2 Å². The third-order valence-electron chi connectivity index (χ3n) is 5.66. The van der Waals surface area contributed by atoms with E-state index in [0.717, 1.165) is 32.1 Å². The molecule has 2 aromatic carbocycles. The fourth-order valence-corrected chi connectivity index (χ4v) is 4.02. The minimum Gasteiger partial charge on any atom is -0.494 e. The highest BCUT2D eigenvalue weighted by atomic mass is 19.2. The molecule has 0 unspecified atom stereocenters. The van der Waals surface area contributed by atoms with Crippen LogP contribution in [0.5, 0.6) is 5.75 Å². The van der Waals surface area contributed by atoms with E-state index in [1.807, 2.05) is 13.0 Å². The lowest BCUT2D eigenvalue weighted by Gasteiger charge is -2.28. The van der Waals surface area contributed by atoms with Crippen LogP contribution in [-0.4, -0.2) is 7.11 Å². The van der Waals surface area contributed by atoms with Crippen molar-refractivity contribution in [1.29, 1.82) is 0 Å². The fourth-order valence-electron chi connectivity index (χ4n) is 4.02. The minimum atomic E-state index is -1.25. The van der Waals surface area contributed by atoms with E-state index >= 15 is 0 Å². The van der Waals surface area contributed by atoms with Crippen molar-refractivity contribution in [1.82, 2.24) is 0 Å². The van der Waals surface area contributed by atoms with Crippen molar-refractivity contribution in [2.75, 3.05) is 7.11 Å². The van der Waals surface area contributed by atoms with E-state index in [1.54, 1.807) is 0 Å². The van der Waals surface area contributed by atoms with Crippen LogP contribution < -0.4 is 4.74 Å². The van der Waals surface area contributed by atoms with Crippen LogP contribution in [0.15, 0.2) is 36.4 Å². The SMILES string of the molecule is C/C=C\CC1CCC(c2ccc(-c3ccc(OC)c(F)c3F)c(F)c2F)CC1. The zero-order valence-corrected chi connectivity index (χ0v) is 16.1. The number of rotatable bonds is 5. The molecule has 0 aliphatic heterocycles. The Morgan fingerprint density at radius 1 is 0.857 bits per heavy atom. The summed E-state index contributed by atoms with van der Waals surface area (Å²) in [6.07, 6.45) is 8.71.